The van der Waals surface area contributed by atoms with Crippen molar-refractivity contribution in [1.29, 1.82) is 0 Å². The van der Waals surface area contributed by atoms with Crippen LogP contribution in [-0.4, -0.2) is 19.3 Å². The predicted octanol–water partition coefficient (Wildman–Crippen LogP) is 3.67. The zero-order valence-electron chi connectivity index (χ0n) is 11.1. The number of hydrogen-bond acceptors (Lipinski definition) is 2. The first kappa shape index (κ1) is 14.4. The van der Waals surface area contributed by atoms with Gasteiger partial charge in [-0.25, -0.2) is 8.78 Å². The minimum atomic E-state index is -2.39. The topological polar surface area (TPSA) is 21.3 Å². The fourth-order valence-corrected chi connectivity index (χ4v) is 2.37. The van der Waals surface area contributed by atoms with Gasteiger partial charge in [-0.3, -0.25) is 0 Å². The van der Waals surface area contributed by atoms with Crippen LogP contribution in [0.4, 0.5) is 8.78 Å². The molecule has 1 aliphatic carbocycles. The Morgan fingerprint density at radius 2 is 1.84 bits per heavy atom. The van der Waals surface area contributed by atoms with E-state index in [0.717, 1.165) is 18.7 Å². The van der Waals surface area contributed by atoms with Crippen LogP contribution in [0.3, 0.4) is 0 Å². The van der Waals surface area contributed by atoms with E-state index in [1.165, 1.54) is 37.8 Å². The second kappa shape index (κ2) is 7.56. The number of alkyl halides is 2. The molecular formula is C15H21F2NO. The van der Waals surface area contributed by atoms with Gasteiger partial charge in [-0.2, -0.15) is 0 Å². The SMILES string of the molecule is FC(F)c1ccc(CNCCOC2CCCC2)cc1. The maximum atomic E-state index is 12.4. The van der Waals surface area contributed by atoms with Crippen LogP contribution in [0.15, 0.2) is 24.3 Å². The molecule has 106 valence electrons. The number of benzene rings is 1. The minimum absolute atomic E-state index is 0.0771. The van der Waals surface area contributed by atoms with Gasteiger partial charge in [0.05, 0.1) is 12.7 Å². The van der Waals surface area contributed by atoms with Crippen LogP contribution >= 0.6 is 0 Å². The smallest absolute Gasteiger partial charge is 0.263 e. The van der Waals surface area contributed by atoms with Gasteiger partial charge in [0.2, 0.25) is 0 Å². The van der Waals surface area contributed by atoms with E-state index in [1.54, 1.807) is 12.1 Å². The number of rotatable bonds is 7. The Bertz CT molecular complexity index is 361. The predicted molar refractivity (Wildman–Crippen MR) is 71.3 cm³/mol. The summed E-state index contributed by atoms with van der Waals surface area (Å²) in [7, 11) is 0. The number of hydrogen-bond donors (Lipinski definition) is 1. The van der Waals surface area contributed by atoms with E-state index in [0.29, 0.717) is 12.6 Å². The van der Waals surface area contributed by atoms with Crippen LogP contribution in [0.2, 0.25) is 0 Å². The highest BCUT2D eigenvalue weighted by atomic mass is 19.3. The Kier molecular flexibility index (Phi) is 5.73. The van der Waals surface area contributed by atoms with E-state index in [-0.39, 0.29) is 5.56 Å². The third kappa shape index (κ3) is 4.88. The average Bonchev–Trinajstić information content (AvgIpc) is 2.92. The lowest BCUT2D eigenvalue weighted by molar-refractivity contribution is 0.0603. The maximum Gasteiger partial charge on any atom is 0.263 e. The van der Waals surface area contributed by atoms with Crippen molar-refractivity contribution >= 4 is 0 Å². The molecule has 0 heterocycles. The van der Waals surface area contributed by atoms with Crippen molar-refractivity contribution in [1.82, 2.24) is 5.32 Å². The molecule has 1 saturated carbocycles. The van der Waals surface area contributed by atoms with Gasteiger partial charge in [0.25, 0.3) is 6.43 Å². The summed E-state index contributed by atoms with van der Waals surface area (Å²) in [5, 5.41) is 3.26. The van der Waals surface area contributed by atoms with Gasteiger partial charge in [0, 0.05) is 18.7 Å². The molecule has 0 saturated heterocycles. The highest BCUT2D eigenvalue weighted by Gasteiger charge is 2.14. The van der Waals surface area contributed by atoms with Gasteiger partial charge >= 0.3 is 0 Å². The Labute approximate surface area is 113 Å². The first-order chi connectivity index (χ1) is 9.25. The summed E-state index contributed by atoms with van der Waals surface area (Å²) in [5.74, 6) is 0. The molecule has 1 aliphatic rings. The largest absolute Gasteiger partial charge is 0.377 e. The number of ether oxygens (including phenoxy) is 1. The van der Waals surface area contributed by atoms with Crippen molar-refractivity contribution in [2.24, 2.45) is 0 Å². The van der Waals surface area contributed by atoms with E-state index >= 15 is 0 Å². The van der Waals surface area contributed by atoms with Gasteiger partial charge < -0.3 is 10.1 Å². The molecule has 1 aromatic carbocycles. The van der Waals surface area contributed by atoms with E-state index < -0.39 is 6.43 Å². The van der Waals surface area contributed by atoms with E-state index in [4.69, 9.17) is 4.74 Å². The molecule has 4 heteroatoms. The second-order valence-corrected chi connectivity index (χ2v) is 5.00. The summed E-state index contributed by atoms with van der Waals surface area (Å²) in [6.45, 7) is 2.21. The molecule has 0 amide bonds. The first-order valence-electron chi connectivity index (χ1n) is 6.95. The van der Waals surface area contributed by atoms with Crippen molar-refractivity contribution in [2.75, 3.05) is 13.2 Å². The van der Waals surface area contributed by atoms with Crippen LogP contribution in [0.1, 0.15) is 43.2 Å². The highest BCUT2D eigenvalue weighted by molar-refractivity contribution is 5.23. The Morgan fingerprint density at radius 3 is 2.47 bits per heavy atom. The zero-order chi connectivity index (χ0) is 13.5. The highest BCUT2D eigenvalue weighted by Crippen LogP contribution is 2.20. The maximum absolute atomic E-state index is 12.4. The molecule has 0 unspecified atom stereocenters. The van der Waals surface area contributed by atoms with Crippen molar-refractivity contribution in [2.45, 2.75) is 44.8 Å². The fraction of sp³-hybridized carbons (Fsp3) is 0.600. The molecule has 0 bridgehead atoms. The van der Waals surface area contributed by atoms with Gasteiger partial charge in [-0.05, 0) is 18.4 Å². The molecule has 1 N–H and O–H groups in total. The van der Waals surface area contributed by atoms with Crippen LogP contribution in [0.25, 0.3) is 0 Å². The van der Waals surface area contributed by atoms with Gasteiger partial charge in [0.1, 0.15) is 0 Å². The molecule has 2 rings (SSSR count). The Hall–Kier alpha value is -1.00. The molecule has 1 aromatic rings. The lowest BCUT2D eigenvalue weighted by Gasteiger charge is -2.11. The normalized spacial score (nSPS) is 16.4. The molecule has 0 aliphatic heterocycles. The van der Waals surface area contributed by atoms with Gasteiger partial charge in [0.15, 0.2) is 0 Å². The minimum Gasteiger partial charge on any atom is -0.377 e. The standard InChI is InChI=1S/C15H21F2NO/c16-15(17)13-7-5-12(6-8-13)11-18-9-10-19-14-3-1-2-4-14/h5-8,14-15,18H,1-4,9-11H2. The summed E-state index contributed by atoms with van der Waals surface area (Å²) >= 11 is 0. The average molecular weight is 269 g/mol. The van der Waals surface area contributed by atoms with E-state index in [1.807, 2.05) is 0 Å². The van der Waals surface area contributed by atoms with E-state index in [2.05, 4.69) is 5.32 Å². The molecule has 0 spiro atoms. The third-order valence-corrected chi connectivity index (χ3v) is 3.50. The second-order valence-electron chi connectivity index (χ2n) is 5.00. The summed E-state index contributed by atoms with van der Waals surface area (Å²) in [4.78, 5) is 0. The van der Waals surface area contributed by atoms with Crippen molar-refractivity contribution in [3.8, 4) is 0 Å². The van der Waals surface area contributed by atoms with Crippen molar-refractivity contribution in [3.63, 3.8) is 0 Å². The van der Waals surface area contributed by atoms with Gasteiger partial charge in [-0.15, -0.1) is 0 Å². The number of halogens is 2. The molecule has 0 aromatic heterocycles. The van der Waals surface area contributed by atoms with Gasteiger partial charge in [-0.1, -0.05) is 37.1 Å². The van der Waals surface area contributed by atoms with Crippen LogP contribution in [0, 0.1) is 0 Å². The Morgan fingerprint density at radius 1 is 1.16 bits per heavy atom. The third-order valence-electron chi connectivity index (χ3n) is 3.50. The quantitative estimate of drug-likeness (QED) is 0.762. The molecule has 1 fully saturated rings. The van der Waals surface area contributed by atoms with Crippen LogP contribution < -0.4 is 5.32 Å². The molecular weight excluding hydrogens is 248 g/mol. The fourth-order valence-electron chi connectivity index (χ4n) is 2.37. The monoisotopic (exact) mass is 269 g/mol. The molecule has 0 atom stereocenters. The lowest BCUT2D eigenvalue weighted by Crippen LogP contribution is -2.21. The summed E-state index contributed by atoms with van der Waals surface area (Å²) in [6.07, 6.45) is 3.02. The summed E-state index contributed by atoms with van der Waals surface area (Å²) in [5.41, 5.74) is 1.10. The van der Waals surface area contributed by atoms with E-state index in [9.17, 15) is 8.78 Å². The zero-order valence-corrected chi connectivity index (χ0v) is 11.1. The van der Waals surface area contributed by atoms with Crippen molar-refractivity contribution < 1.29 is 13.5 Å². The summed E-state index contributed by atoms with van der Waals surface area (Å²) in [6, 6.07) is 6.45. The Balaban J connectivity index is 1.59. The first-order valence-corrected chi connectivity index (χ1v) is 6.95. The summed E-state index contributed by atoms with van der Waals surface area (Å²) < 4.78 is 30.5. The molecule has 0 radical (unpaired) electrons. The lowest BCUT2D eigenvalue weighted by atomic mass is 10.1. The molecule has 2 nitrogen and oxygen atoms in total. The number of nitrogens with one attached hydrogen (secondary N) is 1. The van der Waals surface area contributed by atoms with Crippen LogP contribution in [0.5, 0.6) is 0 Å². The van der Waals surface area contributed by atoms with Crippen LogP contribution in [-0.2, 0) is 11.3 Å². The molecule has 19 heavy (non-hydrogen) atoms. The van der Waals surface area contributed by atoms with Crippen molar-refractivity contribution in [3.05, 3.63) is 35.4 Å².